The maximum Gasteiger partial charge on any atom is 0.224 e. The van der Waals surface area contributed by atoms with Crippen LogP contribution in [0.3, 0.4) is 0 Å². The van der Waals surface area contributed by atoms with Gasteiger partial charge in [-0.2, -0.15) is 5.10 Å². The molecule has 0 spiro atoms. The molecular formula is C19H25N3OS. The second-order valence-electron chi connectivity index (χ2n) is 6.72. The summed E-state index contributed by atoms with van der Waals surface area (Å²) in [5, 5.41) is 8.03. The molecule has 128 valence electrons. The summed E-state index contributed by atoms with van der Waals surface area (Å²) in [6.07, 6.45) is 2.93. The summed E-state index contributed by atoms with van der Waals surface area (Å²) >= 11 is 1.83. The van der Waals surface area contributed by atoms with Gasteiger partial charge in [0.2, 0.25) is 5.91 Å². The molecule has 24 heavy (non-hydrogen) atoms. The first-order valence-electron chi connectivity index (χ1n) is 8.56. The minimum Gasteiger partial charge on any atom is -0.350 e. The van der Waals surface area contributed by atoms with Crippen LogP contribution < -0.4 is 5.32 Å². The molecular weight excluding hydrogens is 318 g/mol. The van der Waals surface area contributed by atoms with Crippen molar-refractivity contribution in [3.8, 4) is 0 Å². The highest BCUT2D eigenvalue weighted by Gasteiger charge is 2.27. The van der Waals surface area contributed by atoms with Crippen LogP contribution in [0.15, 0.2) is 35.2 Å². The Morgan fingerprint density at radius 3 is 2.67 bits per heavy atom. The zero-order chi connectivity index (χ0) is 17.1. The van der Waals surface area contributed by atoms with E-state index in [1.807, 2.05) is 35.6 Å². The van der Waals surface area contributed by atoms with Gasteiger partial charge in [0.15, 0.2) is 0 Å². The fraction of sp³-hybridized carbons (Fsp3) is 0.474. The number of thioether (sulfide) groups is 1. The van der Waals surface area contributed by atoms with Gasteiger partial charge in [0.05, 0.1) is 18.7 Å². The molecule has 1 aliphatic rings. The summed E-state index contributed by atoms with van der Waals surface area (Å²) in [4.78, 5) is 13.4. The van der Waals surface area contributed by atoms with E-state index >= 15 is 0 Å². The summed E-state index contributed by atoms with van der Waals surface area (Å²) in [6, 6.07) is 10.4. The maximum absolute atomic E-state index is 12.1. The fourth-order valence-corrected chi connectivity index (χ4v) is 3.62. The summed E-state index contributed by atoms with van der Waals surface area (Å²) in [5.74, 6) is 0.715. The first kappa shape index (κ1) is 17.1. The van der Waals surface area contributed by atoms with E-state index in [0.717, 1.165) is 11.3 Å². The van der Waals surface area contributed by atoms with Gasteiger partial charge in [0, 0.05) is 28.8 Å². The Labute approximate surface area is 148 Å². The Hall–Kier alpha value is -1.75. The van der Waals surface area contributed by atoms with E-state index in [1.165, 1.54) is 23.4 Å². The number of rotatable bonds is 7. The number of amides is 1. The van der Waals surface area contributed by atoms with Crippen molar-refractivity contribution in [2.24, 2.45) is 7.05 Å². The number of nitrogens with zero attached hydrogens (tertiary/aromatic N) is 2. The monoisotopic (exact) mass is 343 g/mol. The van der Waals surface area contributed by atoms with Gasteiger partial charge in [0.25, 0.3) is 0 Å². The van der Waals surface area contributed by atoms with E-state index in [-0.39, 0.29) is 5.91 Å². The molecule has 2 aromatic rings. The van der Waals surface area contributed by atoms with Gasteiger partial charge >= 0.3 is 0 Å². The molecule has 0 bridgehead atoms. The molecule has 0 radical (unpaired) electrons. The van der Waals surface area contributed by atoms with E-state index in [2.05, 4.69) is 42.5 Å². The van der Waals surface area contributed by atoms with Crippen molar-refractivity contribution in [2.75, 3.05) is 0 Å². The third kappa shape index (κ3) is 4.63. The normalized spacial score (nSPS) is 14.2. The number of hydrogen-bond donors (Lipinski definition) is 1. The highest BCUT2D eigenvalue weighted by atomic mass is 32.2. The van der Waals surface area contributed by atoms with E-state index < -0.39 is 0 Å². The van der Waals surface area contributed by atoms with Gasteiger partial charge in [-0.25, -0.2) is 0 Å². The largest absolute Gasteiger partial charge is 0.350 e. The third-order valence-electron chi connectivity index (χ3n) is 4.09. The van der Waals surface area contributed by atoms with Crippen LogP contribution in [-0.4, -0.2) is 20.9 Å². The van der Waals surface area contributed by atoms with E-state index in [0.29, 0.717) is 24.1 Å². The Kier molecular flexibility index (Phi) is 5.29. The fourth-order valence-electron chi connectivity index (χ4n) is 2.79. The molecule has 1 N–H and O–H groups in total. The molecule has 5 heteroatoms. The SMILES string of the molecule is CC(C)Sc1ccc(CC(=O)NCc2cc(C3CC3)n(C)n2)cc1. The van der Waals surface area contributed by atoms with Crippen LogP contribution >= 0.6 is 11.8 Å². The molecule has 1 aromatic carbocycles. The van der Waals surface area contributed by atoms with E-state index in [1.54, 1.807) is 0 Å². The first-order valence-corrected chi connectivity index (χ1v) is 9.44. The van der Waals surface area contributed by atoms with Crippen LogP contribution in [0.25, 0.3) is 0 Å². The Morgan fingerprint density at radius 1 is 1.33 bits per heavy atom. The number of carbonyl (C=O) groups excluding carboxylic acids is 1. The highest BCUT2D eigenvalue weighted by molar-refractivity contribution is 7.99. The lowest BCUT2D eigenvalue weighted by molar-refractivity contribution is -0.120. The van der Waals surface area contributed by atoms with Crippen LogP contribution in [-0.2, 0) is 24.8 Å². The van der Waals surface area contributed by atoms with Crippen LogP contribution in [0.1, 0.15) is 49.6 Å². The van der Waals surface area contributed by atoms with Crippen LogP contribution in [0.5, 0.6) is 0 Å². The van der Waals surface area contributed by atoms with Crippen LogP contribution in [0, 0.1) is 0 Å². The van der Waals surface area contributed by atoms with Gasteiger partial charge in [0.1, 0.15) is 0 Å². The smallest absolute Gasteiger partial charge is 0.224 e. The lowest BCUT2D eigenvalue weighted by atomic mass is 10.1. The zero-order valence-electron chi connectivity index (χ0n) is 14.6. The number of aromatic nitrogens is 2. The molecule has 0 atom stereocenters. The molecule has 1 saturated carbocycles. The summed E-state index contributed by atoms with van der Waals surface area (Å²) in [6.45, 7) is 4.86. The number of nitrogens with one attached hydrogen (secondary N) is 1. The number of aryl methyl sites for hydroxylation is 1. The van der Waals surface area contributed by atoms with Crippen molar-refractivity contribution in [1.29, 1.82) is 0 Å². The Morgan fingerprint density at radius 2 is 2.04 bits per heavy atom. The molecule has 4 nitrogen and oxygen atoms in total. The standard InChI is InChI=1S/C19H25N3OS/c1-13(2)24-17-8-4-14(5-9-17)10-19(23)20-12-16-11-18(15-6-7-15)22(3)21-16/h4-5,8-9,11,13,15H,6-7,10,12H2,1-3H3,(H,20,23). The molecule has 1 aliphatic carbocycles. The predicted molar refractivity (Wildman–Crippen MR) is 98.2 cm³/mol. The Bertz CT molecular complexity index is 702. The van der Waals surface area contributed by atoms with Crippen LogP contribution in [0.2, 0.25) is 0 Å². The Balaban J connectivity index is 1.49. The second-order valence-corrected chi connectivity index (χ2v) is 8.37. The van der Waals surface area contributed by atoms with Gasteiger partial charge in [-0.05, 0) is 36.6 Å². The van der Waals surface area contributed by atoms with Crippen LogP contribution in [0.4, 0.5) is 0 Å². The topological polar surface area (TPSA) is 46.9 Å². The minimum absolute atomic E-state index is 0.0397. The van der Waals surface area contributed by atoms with Crippen molar-refractivity contribution in [1.82, 2.24) is 15.1 Å². The van der Waals surface area contributed by atoms with Gasteiger partial charge in [-0.1, -0.05) is 26.0 Å². The average molecular weight is 343 g/mol. The zero-order valence-corrected chi connectivity index (χ0v) is 15.4. The molecule has 1 fully saturated rings. The summed E-state index contributed by atoms with van der Waals surface area (Å²) in [5.41, 5.74) is 3.27. The average Bonchev–Trinajstić information content (AvgIpc) is 3.30. The summed E-state index contributed by atoms with van der Waals surface area (Å²) in [7, 11) is 1.98. The third-order valence-corrected chi connectivity index (χ3v) is 5.10. The molecule has 1 heterocycles. The minimum atomic E-state index is 0.0397. The van der Waals surface area contributed by atoms with Gasteiger partial charge in [-0.3, -0.25) is 9.48 Å². The molecule has 1 amide bonds. The lowest BCUT2D eigenvalue weighted by Gasteiger charge is -2.07. The molecule has 1 aromatic heterocycles. The molecule has 0 saturated heterocycles. The second kappa shape index (κ2) is 7.43. The van der Waals surface area contributed by atoms with Gasteiger partial charge < -0.3 is 5.32 Å². The van der Waals surface area contributed by atoms with E-state index in [4.69, 9.17) is 0 Å². The summed E-state index contributed by atoms with van der Waals surface area (Å²) < 4.78 is 1.95. The van der Waals surface area contributed by atoms with Crippen molar-refractivity contribution < 1.29 is 4.79 Å². The highest BCUT2D eigenvalue weighted by Crippen LogP contribution is 2.39. The quantitative estimate of drug-likeness (QED) is 0.781. The molecule has 0 unspecified atom stereocenters. The predicted octanol–water partition coefficient (Wildman–Crippen LogP) is 3.66. The molecule has 0 aliphatic heterocycles. The van der Waals surface area contributed by atoms with E-state index in [9.17, 15) is 4.79 Å². The molecule has 3 rings (SSSR count). The lowest BCUT2D eigenvalue weighted by Crippen LogP contribution is -2.24. The van der Waals surface area contributed by atoms with Crippen molar-refractivity contribution in [3.05, 3.63) is 47.3 Å². The van der Waals surface area contributed by atoms with Crippen molar-refractivity contribution in [3.63, 3.8) is 0 Å². The number of benzene rings is 1. The van der Waals surface area contributed by atoms with Crippen molar-refractivity contribution in [2.45, 2.75) is 55.7 Å². The number of carbonyl (C=O) groups is 1. The first-order chi connectivity index (χ1) is 11.5. The number of hydrogen-bond acceptors (Lipinski definition) is 3. The van der Waals surface area contributed by atoms with Crippen molar-refractivity contribution >= 4 is 17.7 Å². The maximum atomic E-state index is 12.1. The van der Waals surface area contributed by atoms with Gasteiger partial charge in [-0.15, -0.1) is 11.8 Å².